The van der Waals surface area contributed by atoms with Gasteiger partial charge in [-0.2, -0.15) is 0 Å². The maximum Gasteiger partial charge on any atom is 0.237 e. The molecule has 1 amide bonds. The number of carbonyl (C=O) groups is 1. The predicted molar refractivity (Wildman–Crippen MR) is 90.4 cm³/mol. The number of rotatable bonds is 4. The fraction of sp³-hybridized carbons (Fsp3) is 0.471. The molecular formula is C17H24N4O2. The number of H-pyrrole nitrogens is 1. The second-order valence-electron chi connectivity index (χ2n) is 6.20. The van der Waals surface area contributed by atoms with Crippen LogP contribution < -0.4 is 15.8 Å². The summed E-state index contributed by atoms with van der Waals surface area (Å²) in [6.07, 6.45) is 0.701. The van der Waals surface area contributed by atoms with Crippen molar-refractivity contribution in [1.82, 2.24) is 15.2 Å². The summed E-state index contributed by atoms with van der Waals surface area (Å²) in [7, 11) is 3.34. The second kappa shape index (κ2) is 6.22. The first-order valence-corrected chi connectivity index (χ1v) is 7.90. The van der Waals surface area contributed by atoms with Crippen molar-refractivity contribution >= 4 is 16.8 Å². The van der Waals surface area contributed by atoms with Crippen molar-refractivity contribution in [2.75, 3.05) is 20.7 Å². The highest BCUT2D eigenvalue weighted by Gasteiger charge is 2.35. The van der Waals surface area contributed by atoms with Gasteiger partial charge < -0.3 is 20.8 Å². The molecule has 1 aromatic carbocycles. The van der Waals surface area contributed by atoms with E-state index in [9.17, 15) is 4.79 Å². The molecule has 2 aromatic rings. The first-order chi connectivity index (χ1) is 11.0. The first kappa shape index (κ1) is 15.8. The van der Waals surface area contributed by atoms with E-state index in [0.717, 1.165) is 28.9 Å². The van der Waals surface area contributed by atoms with E-state index in [0.29, 0.717) is 13.0 Å². The van der Waals surface area contributed by atoms with Gasteiger partial charge in [0.25, 0.3) is 0 Å². The van der Waals surface area contributed by atoms with Crippen molar-refractivity contribution in [3.8, 4) is 5.75 Å². The number of aryl methyl sites for hydroxylation is 1. The highest BCUT2D eigenvalue weighted by atomic mass is 16.5. The van der Waals surface area contributed by atoms with E-state index in [2.05, 4.69) is 22.1 Å². The lowest BCUT2D eigenvalue weighted by atomic mass is 10.1. The standard InChI is InChI=1S/C17H24N4O2/c1-10-13-7-12(23-3)4-5-14(13)20-15(10)9-21-8-11(18)6-16(21)17(22)19-2/h4-5,7,11,16,20H,6,8-9,18H2,1-3H3,(H,19,22)/t11-,16+/m1/s1. The van der Waals surface area contributed by atoms with Crippen LogP contribution in [-0.2, 0) is 11.3 Å². The molecule has 0 spiro atoms. The molecule has 1 saturated heterocycles. The SMILES string of the molecule is CNC(=O)[C@@H]1C[C@@H](N)CN1Cc1[nH]c2ccc(OC)cc2c1C. The number of amides is 1. The van der Waals surface area contributed by atoms with Gasteiger partial charge in [0.05, 0.1) is 13.2 Å². The number of carbonyl (C=O) groups excluding carboxylic acids is 1. The zero-order valence-corrected chi connectivity index (χ0v) is 13.8. The Hall–Kier alpha value is -2.05. The van der Waals surface area contributed by atoms with Gasteiger partial charge in [0, 0.05) is 42.8 Å². The van der Waals surface area contributed by atoms with E-state index >= 15 is 0 Å². The van der Waals surface area contributed by atoms with Crippen LogP contribution in [-0.4, -0.2) is 48.6 Å². The molecule has 124 valence electrons. The van der Waals surface area contributed by atoms with Crippen LogP contribution in [0.1, 0.15) is 17.7 Å². The van der Waals surface area contributed by atoms with E-state index in [1.54, 1.807) is 14.2 Å². The molecule has 23 heavy (non-hydrogen) atoms. The van der Waals surface area contributed by atoms with E-state index in [-0.39, 0.29) is 18.0 Å². The minimum atomic E-state index is -0.157. The number of ether oxygens (including phenoxy) is 1. The van der Waals surface area contributed by atoms with E-state index in [1.807, 2.05) is 18.2 Å². The van der Waals surface area contributed by atoms with Crippen LogP contribution in [0.4, 0.5) is 0 Å². The maximum atomic E-state index is 12.1. The van der Waals surface area contributed by atoms with Crippen molar-refractivity contribution in [3.63, 3.8) is 0 Å². The molecule has 0 unspecified atom stereocenters. The number of aromatic nitrogens is 1. The Kier molecular flexibility index (Phi) is 4.28. The molecule has 0 saturated carbocycles. The van der Waals surface area contributed by atoms with E-state index in [4.69, 9.17) is 10.5 Å². The number of nitrogens with two attached hydrogens (primary N) is 1. The number of nitrogens with zero attached hydrogens (tertiary/aromatic N) is 1. The van der Waals surface area contributed by atoms with Crippen LogP contribution in [0.2, 0.25) is 0 Å². The lowest BCUT2D eigenvalue weighted by Gasteiger charge is -2.22. The molecule has 6 heteroatoms. The molecular weight excluding hydrogens is 292 g/mol. The third-order valence-electron chi connectivity index (χ3n) is 4.72. The molecule has 0 radical (unpaired) electrons. The third kappa shape index (κ3) is 2.92. The van der Waals surface area contributed by atoms with Gasteiger partial charge in [-0.1, -0.05) is 0 Å². The van der Waals surface area contributed by atoms with Gasteiger partial charge in [-0.25, -0.2) is 0 Å². The summed E-state index contributed by atoms with van der Waals surface area (Å²) in [5.41, 5.74) is 9.46. The van der Waals surface area contributed by atoms with E-state index < -0.39 is 0 Å². The fourth-order valence-electron chi connectivity index (χ4n) is 3.40. The zero-order valence-electron chi connectivity index (χ0n) is 13.8. The van der Waals surface area contributed by atoms with Gasteiger partial charge >= 0.3 is 0 Å². The highest BCUT2D eigenvalue weighted by molar-refractivity contribution is 5.86. The van der Waals surface area contributed by atoms with Gasteiger partial charge in [0.1, 0.15) is 5.75 Å². The average Bonchev–Trinajstić information content (AvgIpc) is 3.07. The van der Waals surface area contributed by atoms with E-state index in [1.165, 1.54) is 5.56 Å². The van der Waals surface area contributed by atoms with Crippen molar-refractivity contribution in [2.45, 2.75) is 32.0 Å². The van der Waals surface area contributed by atoms with Gasteiger partial charge in [0.15, 0.2) is 0 Å². The summed E-state index contributed by atoms with van der Waals surface area (Å²) in [5.74, 6) is 0.881. The Labute approximate surface area is 136 Å². The smallest absolute Gasteiger partial charge is 0.237 e. The molecule has 4 N–H and O–H groups in total. The highest BCUT2D eigenvalue weighted by Crippen LogP contribution is 2.28. The predicted octanol–water partition coefficient (Wildman–Crippen LogP) is 1.13. The number of methoxy groups -OCH3 is 1. The Balaban J connectivity index is 1.88. The molecule has 2 heterocycles. The van der Waals surface area contributed by atoms with Crippen LogP contribution in [0.3, 0.4) is 0 Å². The van der Waals surface area contributed by atoms with Gasteiger partial charge in [-0.15, -0.1) is 0 Å². The van der Waals surface area contributed by atoms with Crippen molar-refractivity contribution < 1.29 is 9.53 Å². The van der Waals surface area contributed by atoms with Crippen LogP contribution in [0.25, 0.3) is 10.9 Å². The monoisotopic (exact) mass is 316 g/mol. The van der Waals surface area contributed by atoms with Crippen LogP contribution >= 0.6 is 0 Å². The van der Waals surface area contributed by atoms with Gasteiger partial charge in [-0.05, 0) is 37.1 Å². The fourth-order valence-corrected chi connectivity index (χ4v) is 3.40. The number of benzene rings is 1. The van der Waals surface area contributed by atoms with Crippen molar-refractivity contribution in [2.24, 2.45) is 5.73 Å². The van der Waals surface area contributed by atoms with Gasteiger partial charge in [0.2, 0.25) is 5.91 Å². The summed E-state index contributed by atoms with van der Waals surface area (Å²) in [6, 6.07) is 5.89. The largest absolute Gasteiger partial charge is 0.497 e. The van der Waals surface area contributed by atoms with Crippen LogP contribution in [0, 0.1) is 6.92 Å². The summed E-state index contributed by atoms with van der Waals surface area (Å²) < 4.78 is 5.30. The summed E-state index contributed by atoms with van der Waals surface area (Å²) >= 11 is 0. The Morgan fingerprint density at radius 1 is 1.52 bits per heavy atom. The molecule has 1 fully saturated rings. The topological polar surface area (TPSA) is 83.4 Å². The van der Waals surface area contributed by atoms with Crippen molar-refractivity contribution in [3.05, 3.63) is 29.5 Å². The molecule has 0 bridgehead atoms. The zero-order chi connectivity index (χ0) is 16.6. The quantitative estimate of drug-likeness (QED) is 0.790. The molecule has 2 atom stereocenters. The number of aromatic amines is 1. The number of hydrogen-bond acceptors (Lipinski definition) is 4. The normalized spacial score (nSPS) is 21.7. The molecule has 1 aliphatic heterocycles. The minimum Gasteiger partial charge on any atom is -0.497 e. The lowest BCUT2D eigenvalue weighted by Crippen LogP contribution is -2.41. The molecule has 6 nitrogen and oxygen atoms in total. The minimum absolute atomic E-state index is 0.0355. The number of hydrogen-bond donors (Lipinski definition) is 3. The van der Waals surface area contributed by atoms with Crippen LogP contribution in [0.5, 0.6) is 5.75 Å². The first-order valence-electron chi connectivity index (χ1n) is 7.90. The Morgan fingerprint density at radius 3 is 3.00 bits per heavy atom. The summed E-state index contributed by atoms with van der Waals surface area (Å²) in [5, 5.41) is 3.89. The number of nitrogens with one attached hydrogen (secondary N) is 2. The molecule has 3 rings (SSSR count). The summed E-state index contributed by atoms with van der Waals surface area (Å²) in [4.78, 5) is 17.7. The molecule has 1 aromatic heterocycles. The van der Waals surface area contributed by atoms with Crippen molar-refractivity contribution in [1.29, 1.82) is 0 Å². The summed E-state index contributed by atoms with van der Waals surface area (Å²) in [6.45, 7) is 3.52. The molecule has 0 aliphatic carbocycles. The number of fused-ring (bicyclic) bond motifs is 1. The average molecular weight is 316 g/mol. The lowest BCUT2D eigenvalue weighted by molar-refractivity contribution is -0.125. The van der Waals surface area contributed by atoms with Crippen LogP contribution in [0.15, 0.2) is 18.2 Å². The number of likely N-dealkylation sites (tertiary alicyclic amines) is 1. The third-order valence-corrected chi connectivity index (χ3v) is 4.72. The maximum absolute atomic E-state index is 12.1. The molecule has 1 aliphatic rings. The number of likely N-dealkylation sites (N-methyl/N-ethyl adjacent to an activating group) is 1. The second-order valence-corrected chi connectivity index (χ2v) is 6.20. The Bertz CT molecular complexity index is 725. The Morgan fingerprint density at radius 2 is 2.30 bits per heavy atom. The van der Waals surface area contributed by atoms with Gasteiger partial charge in [-0.3, -0.25) is 9.69 Å².